The zero-order valence-electron chi connectivity index (χ0n) is 11.5. The minimum atomic E-state index is -0.522. The predicted octanol–water partition coefficient (Wildman–Crippen LogP) is 2.76. The summed E-state index contributed by atoms with van der Waals surface area (Å²) in [5, 5.41) is 13.5. The van der Waals surface area contributed by atoms with Crippen molar-refractivity contribution in [2.24, 2.45) is 0 Å². The third kappa shape index (κ3) is 3.35. The van der Waals surface area contributed by atoms with E-state index in [0.717, 1.165) is 11.5 Å². The molecule has 0 spiro atoms. The molecule has 0 saturated heterocycles. The maximum absolute atomic E-state index is 12.1. The van der Waals surface area contributed by atoms with Crippen molar-refractivity contribution in [2.45, 2.75) is 0 Å². The summed E-state index contributed by atoms with van der Waals surface area (Å²) >= 11 is 1.03. The first-order valence-corrected chi connectivity index (χ1v) is 7.22. The summed E-state index contributed by atoms with van der Waals surface area (Å²) in [5.41, 5.74) is 0.833. The fraction of sp³-hybridized carbons (Fsp3) is 0. The van der Waals surface area contributed by atoms with E-state index in [-0.39, 0.29) is 5.69 Å². The summed E-state index contributed by atoms with van der Waals surface area (Å²) in [6.07, 6.45) is 1.63. The van der Waals surface area contributed by atoms with E-state index in [9.17, 15) is 14.9 Å². The van der Waals surface area contributed by atoms with Crippen LogP contribution in [0.1, 0.15) is 10.4 Å². The highest BCUT2D eigenvalue weighted by molar-refractivity contribution is 7.10. The molecule has 1 amide bonds. The molecule has 1 N–H and O–H groups in total. The number of nitrogens with zero attached hydrogens (tertiary/aromatic N) is 4. The minimum Gasteiger partial charge on any atom is -0.297 e. The Kier molecular flexibility index (Phi) is 4.02. The van der Waals surface area contributed by atoms with Crippen molar-refractivity contribution in [3.63, 3.8) is 0 Å². The normalized spacial score (nSPS) is 10.3. The van der Waals surface area contributed by atoms with Crippen molar-refractivity contribution in [3.8, 4) is 11.5 Å². The van der Waals surface area contributed by atoms with E-state index in [4.69, 9.17) is 0 Å². The number of hydrogen-bond acceptors (Lipinski definition) is 7. The van der Waals surface area contributed by atoms with Gasteiger partial charge in [-0.1, -0.05) is 6.07 Å². The van der Waals surface area contributed by atoms with Crippen LogP contribution in [0, 0.1) is 10.1 Å². The van der Waals surface area contributed by atoms with Crippen LogP contribution in [0.2, 0.25) is 0 Å². The Hall–Kier alpha value is -3.20. The van der Waals surface area contributed by atoms with Gasteiger partial charge < -0.3 is 0 Å². The molecule has 0 saturated carbocycles. The average Bonchev–Trinajstić information content (AvgIpc) is 3.04. The molecule has 0 bridgehead atoms. The monoisotopic (exact) mass is 327 g/mol. The summed E-state index contributed by atoms with van der Waals surface area (Å²) < 4.78 is 4.13. The van der Waals surface area contributed by atoms with Gasteiger partial charge in [0.2, 0.25) is 5.13 Å². The second kappa shape index (κ2) is 6.28. The van der Waals surface area contributed by atoms with Gasteiger partial charge in [-0.2, -0.15) is 9.36 Å². The van der Waals surface area contributed by atoms with Crippen LogP contribution in [-0.4, -0.2) is 25.2 Å². The van der Waals surface area contributed by atoms with E-state index >= 15 is 0 Å². The second-order valence-corrected chi connectivity index (χ2v) is 5.15. The van der Waals surface area contributed by atoms with Gasteiger partial charge in [0.25, 0.3) is 11.6 Å². The van der Waals surface area contributed by atoms with Crippen molar-refractivity contribution in [3.05, 3.63) is 64.3 Å². The predicted molar refractivity (Wildman–Crippen MR) is 84.2 cm³/mol. The number of pyridine rings is 1. The number of amides is 1. The van der Waals surface area contributed by atoms with E-state index in [0.29, 0.717) is 22.2 Å². The van der Waals surface area contributed by atoms with E-state index in [2.05, 4.69) is 19.7 Å². The average molecular weight is 327 g/mol. The minimum absolute atomic E-state index is 0.0742. The number of hydrogen-bond donors (Lipinski definition) is 1. The number of aromatic nitrogens is 3. The lowest BCUT2D eigenvalue weighted by Gasteiger charge is -2.00. The Morgan fingerprint density at radius 2 is 1.96 bits per heavy atom. The lowest BCUT2D eigenvalue weighted by Crippen LogP contribution is -2.11. The molecule has 2 heterocycles. The molecule has 0 aliphatic rings. The third-order valence-corrected chi connectivity index (χ3v) is 3.51. The second-order valence-electron chi connectivity index (χ2n) is 4.40. The number of anilines is 1. The molecule has 3 rings (SSSR count). The molecule has 0 fully saturated rings. The SMILES string of the molecule is O=C(Nc1nc(-c2ccccn2)ns1)c1ccc([N+](=O)[O-])cc1. The molecule has 1 aromatic carbocycles. The number of rotatable bonds is 4. The number of nitrogens with one attached hydrogen (secondary N) is 1. The van der Waals surface area contributed by atoms with Gasteiger partial charge in [-0.3, -0.25) is 25.2 Å². The van der Waals surface area contributed by atoms with Gasteiger partial charge in [-0.15, -0.1) is 0 Å². The van der Waals surface area contributed by atoms with E-state index in [1.54, 1.807) is 18.3 Å². The van der Waals surface area contributed by atoms with Crippen LogP contribution in [0.15, 0.2) is 48.7 Å². The molecule has 0 unspecified atom stereocenters. The lowest BCUT2D eigenvalue weighted by molar-refractivity contribution is -0.384. The van der Waals surface area contributed by atoms with Crippen molar-refractivity contribution in [2.75, 3.05) is 5.32 Å². The fourth-order valence-electron chi connectivity index (χ4n) is 1.78. The van der Waals surface area contributed by atoms with Crippen LogP contribution in [0.5, 0.6) is 0 Å². The molecule has 0 aliphatic heterocycles. The number of non-ortho nitro benzene ring substituents is 1. The van der Waals surface area contributed by atoms with Crippen LogP contribution in [-0.2, 0) is 0 Å². The molecule has 3 aromatic rings. The summed E-state index contributed by atoms with van der Waals surface area (Å²) in [5.74, 6) is 0.0122. The Balaban J connectivity index is 1.73. The largest absolute Gasteiger partial charge is 0.297 e. The maximum Gasteiger partial charge on any atom is 0.269 e. The van der Waals surface area contributed by atoms with Gasteiger partial charge in [0.05, 0.1) is 4.92 Å². The molecule has 0 aliphatic carbocycles. The highest BCUT2D eigenvalue weighted by atomic mass is 32.1. The fourth-order valence-corrected chi connectivity index (χ4v) is 2.35. The van der Waals surface area contributed by atoms with Crippen LogP contribution in [0.4, 0.5) is 10.8 Å². The van der Waals surface area contributed by atoms with Crippen molar-refractivity contribution in [1.29, 1.82) is 0 Å². The Labute approximate surface area is 134 Å². The Morgan fingerprint density at radius 3 is 2.61 bits per heavy atom. The van der Waals surface area contributed by atoms with Gasteiger partial charge >= 0.3 is 0 Å². The Bertz CT molecular complexity index is 848. The van der Waals surface area contributed by atoms with E-state index < -0.39 is 10.8 Å². The molecule has 0 atom stereocenters. The number of nitro groups is 1. The number of nitro benzene ring substituents is 1. The van der Waals surface area contributed by atoms with Gasteiger partial charge in [0.1, 0.15) is 5.69 Å². The van der Waals surface area contributed by atoms with E-state index in [1.165, 1.54) is 24.3 Å². The first-order chi connectivity index (χ1) is 11.1. The summed E-state index contributed by atoms with van der Waals surface area (Å²) in [4.78, 5) is 30.5. The summed E-state index contributed by atoms with van der Waals surface area (Å²) in [7, 11) is 0. The lowest BCUT2D eigenvalue weighted by atomic mass is 10.2. The third-order valence-electron chi connectivity index (χ3n) is 2.88. The van der Waals surface area contributed by atoms with E-state index in [1.807, 2.05) is 6.07 Å². The first kappa shape index (κ1) is 14.7. The number of benzene rings is 1. The van der Waals surface area contributed by atoms with Crippen LogP contribution in [0.25, 0.3) is 11.5 Å². The molecule has 0 radical (unpaired) electrons. The van der Waals surface area contributed by atoms with Crippen LogP contribution >= 0.6 is 11.5 Å². The van der Waals surface area contributed by atoms with Crippen molar-refractivity contribution in [1.82, 2.24) is 14.3 Å². The Morgan fingerprint density at radius 1 is 1.17 bits per heavy atom. The first-order valence-electron chi connectivity index (χ1n) is 6.44. The molecule has 9 heteroatoms. The van der Waals surface area contributed by atoms with Gasteiger partial charge in [-0.05, 0) is 24.3 Å². The molecule has 8 nitrogen and oxygen atoms in total. The highest BCUT2D eigenvalue weighted by Gasteiger charge is 2.13. The maximum atomic E-state index is 12.1. The highest BCUT2D eigenvalue weighted by Crippen LogP contribution is 2.20. The number of carbonyl (C=O) groups excluding carboxylic acids is 1. The van der Waals surface area contributed by atoms with Gasteiger partial charge in [0, 0.05) is 35.4 Å². The molecule has 2 aromatic heterocycles. The molecular weight excluding hydrogens is 318 g/mol. The zero-order chi connectivity index (χ0) is 16.2. The van der Waals surface area contributed by atoms with Crippen molar-refractivity contribution >= 4 is 28.3 Å². The van der Waals surface area contributed by atoms with Crippen LogP contribution < -0.4 is 5.32 Å². The van der Waals surface area contributed by atoms with Gasteiger partial charge in [-0.25, -0.2) is 0 Å². The quantitative estimate of drug-likeness (QED) is 0.582. The smallest absolute Gasteiger partial charge is 0.269 e. The van der Waals surface area contributed by atoms with Crippen molar-refractivity contribution < 1.29 is 9.72 Å². The zero-order valence-corrected chi connectivity index (χ0v) is 12.4. The summed E-state index contributed by atoms with van der Waals surface area (Å²) in [6, 6.07) is 10.7. The summed E-state index contributed by atoms with van der Waals surface area (Å²) in [6.45, 7) is 0. The van der Waals surface area contributed by atoms with Gasteiger partial charge in [0.15, 0.2) is 5.82 Å². The topological polar surface area (TPSA) is 111 Å². The molecule has 114 valence electrons. The number of carbonyl (C=O) groups is 1. The van der Waals surface area contributed by atoms with Crippen LogP contribution in [0.3, 0.4) is 0 Å². The molecule has 23 heavy (non-hydrogen) atoms. The standard InChI is InChI=1S/C14H9N5O3S/c20-13(9-4-6-10(7-5-9)19(21)22)17-14-16-12(18-23-14)11-3-1-2-8-15-11/h1-8H,(H,16,17,18,20). The molecular formula is C14H9N5O3S.